The second kappa shape index (κ2) is 3.99. The summed E-state index contributed by atoms with van der Waals surface area (Å²) >= 11 is 1.44. The van der Waals surface area contributed by atoms with Gasteiger partial charge in [0.2, 0.25) is 0 Å². The molecule has 1 rings (SSSR count). The van der Waals surface area contributed by atoms with Crippen LogP contribution in [0.2, 0.25) is 0 Å². The summed E-state index contributed by atoms with van der Waals surface area (Å²) in [6.45, 7) is 5.65. The molecule has 0 spiro atoms. The lowest BCUT2D eigenvalue weighted by atomic mass is 10.1. The largest absolute Gasteiger partial charge is 0.248 e. The number of hydrogen-bond donors (Lipinski definition) is 0. The fourth-order valence-corrected chi connectivity index (χ4v) is 2.39. The van der Waals surface area contributed by atoms with Crippen LogP contribution in [0.5, 0.6) is 0 Å². The summed E-state index contributed by atoms with van der Waals surface area (Å²) in [5.41, 5.74) is 0. The van der Waals surface area contributed by atoms with Gasteiger partial charge in [-0.1, -0.05) is 0 Å². The maximum Gasteiger partial charge on any atom is 0.196 e. The van der Waals surface area contributed by atoms with Crippen LogP contribution in [0.15, 0.2) is 0 Å². The van der Waals surface area contributed by atoms with Gasteiger partial charge in [-0.25, -0.2) is 3.89 Å². The molecule has 0 saturated carbocycles. The predicted molar refractivity (Wildman–Crippen MR) is 47.6 cm³/mol. The fraction of sp³-hybridized carbons (Fsp3) is 0.875. The minimum Gasteiger partial charge on any atom is -0.248 e. The van der Waals surface area contributed by atoms with E-state index in [-0.39, 0.29) is 0 Å². The van der Waals surface area contributed by atoms with Crippen LogP contribution in [0.3, 0.4) is 0 Å². The van der Waals surface area contributed by atoms with Crippen molar-refractivity contribution >= 4 is 11.9 Å². The van der Waals surface area contributed by atoms with Crippen molar-refractivity contribution in [2.24, 2.45) is 0 Å². The van der Waals surface area contributed by atoms with Gasteiger partial charge < -0.3 is 0 Å². The summed E-state index contributed by atoms with van der Waals surface area (Å²) in [6, 6.07) is 0. The van der Waals surface area contributed by atoms with Gasteiger partial charge in [0.25, 0.3) is 0 Å². The number of nitriles is 1. The molecule has 62 valence electrons. The topological polar surface area (TPSA) is 23.8 Å². The van der Waals surface area contributed by atoms with Crippen molar-refractivity contribution < 1.29 is 3.89 Å². The molecule has 0 unspecified atom stereocenters. The van der Waals surface area contributed by atoms with Crippen LogP contribution in [-0.4, -0.2) is 23.5 Å². The smallest absolute Gasteiger partial charge is 0.196 e. The number of piperidine rings is 1. The zero-order valence-corrected chi connectivity index (χ0v) is 7.86. The first-order valence-electron chi connectivity index (χ1n) is 4.27. The van der Waals surface area contributed by atoms with Crippen LogP contribution in [0.25, 0.3) is 0 Å². The van der Waals surface area contributed by atoms with E-state index in [0.717, 1.165) is 10.4 Å². The highest BCUT2D eigenvalue weighted by molar-refractivity contribution is 7.98. The number of likely N-dealkylation sites (tertiary alicyclic amines) is 1. The van der Waals surface area contributed by atoms with Crippen molar-refractivity contribution in [1.29, 1.82) is 5.26 Å². The Morgan fingerprint density at radius 3 is 2.45 bits per heavy atom. The van der Waals surface area contributed by atoms with E-state index >= 15 is 0 Å². The van der Waals surface area contributed by atoms with E-state index in [4.69, 9.17) is 5.26 Å². The fourth-order valence-electron chi connectivity index (χ4n) is 1.65. The molecule has 0 radical (unpaired) electrons. The second-order valence-electron chi connectivity index (χ2n) is 3.06. The Balaban J connectivity index is 2.51. The highest BCUT2D eigenvalue weighted by Crippen LogP contribution is 2.27. The molecule has 0 aliphatic carbocycles. The molecule has 0 aromatic rings. The van der Waals surface area contributed by atoms with Crippen molar-refractivity contribution in [2.45, 2.75) is 26.2 Å². The molecule has 0 aromatic carbocycles. The number of nitrogens with zero attached hydrogens (tertiary/aromatic N) is 2. The van der Waals surface area contributed by atoms with Crippen LogP contribution in [0.1, 0.15) is 26.2 Å². The summed E-state index contributed by atoms with van der Waals surface area (Å²) in [7, 11) is 0. The zero-order chi connectivity index (χ0) is 8.16. The van der Waals surface area contributed by atoms with Gasteiger partial charge >= 0.3 is 0 Å². The van der Waals surface area contributed by atoms with E-state index in [1.54, 1.807) is 0 Å². The first kappa shape index (κ1) is 8.89. The number of thiocyanates is 1. The SMILES string of the molecule is CC[N+]1(SC#N)CCCCC1. The Hall–Kier alpha value is -0.200. The molecule has 0 amide bonds. The quantitative estimate of drug-likeness (QED) is 0.361. The van der Waals surface area contributed by atoms with Gasteiger partial charge in [0.1, 0.15) is 0 Å². The van der Waals surface area contributed by atoms with E-state index < -0.39 is 0 Å². The third-order valence-electron chi connectivity index (χ3n) is 2.44. The molecule has 0 aromatic heterocycles. The minimum absolute atomic E-state index is 0.969. The third-order valence-corrected chi connectivity index (χ3v) is 3.53. The average molecular weight is 171 g/mol. The Morgan fingerprint density at radius 2 is 2.00 bits per heavy atom. The summed E-state index contributed by atoms with van der Waals surface area (Å²) in [5, 5.41) is 10.8. The van der Waals surface area contributed by atoms with Crippen molar-refractivity contribution in [3.63, 3.8) is 0 Å². The molecule has 0 bridgehead atoms. The molecule has 1 aliphatic rings. The van der Waals surface area contributed by atoms with E-state index in [2.05, 4.69) is 12.3 Å². The highest BCUT2D eigenvalue weighted by Gasteiger charge is 2.29. The Morgan fingerprint density at radius 1 is 1.36 bits per heavy atom. The maximum absolute atomic E-state index is 8.61. The van der Waals surface area contributed by atoms with Crippen molar-refractivity contribution in [3.8, 4) is 5.40 Å². The van der Waals surface area contributed by atoms with E-state index in [0.29, 0.717) is 0 Å². The number of quaternary nitrogens is 1. The molecule has 1 heterocycles. The molecule has 1 saturated heterocycles. The molecular formula is C8H15N2S+. The van der Waals surface area contributed by atoms with Crippen LogP contribution in [-0.2, 0) is 0 Å². The first-order chi connectivity index (χ1) is 5.33. The number of hydrogen-bond acceptors (Lipinski definition) is 2. The lowest BCUT2D eigenvalue weighted by Gasteiger charge is -2.35. The van der Waals surface area contributed by atoms with Gasteiger partial charge in [0, 0.05) is 0 Å². The van der Waals surface area contributed by atoms with E-state index in [1.807, 2.05) is 0 Å². The summed E-state index contributed by atoms with van der Waals surface area (Å²) in [5.74, 6) is 0. The van der Waals surface area contributed by atoms with Gasteiger partial charge in [0.05, 0.1) is 19.6 Å². The van der Waals surface area contributed by atoms with Gasteiger partial charge in [-0.3, -0.25) is 0 Å². The lowest BCUT2D eigenvalue weighted by molar-refractivity contribution is -0.798. The molecule has 1 fully saturated rings. The molecular weight excluding hydrogens is 156 g/mol. The molecule has 2 nitrogen and oxygen atoms in total. The standard InChI is InChI=1S/C8H15N2S/c1-2-10(11-8-9)6-4-3-5-7-10/h2-7H2,1H3/q+1. The van der Waals surface area contributed by atoms with Gasteiger partial charge in [-0.15, -0.1) is 0 Å². The van der Waals surface area contributed by atoms with Gasteiger partial charge in [-0.2, -0.15) is 5.26 Å². The van der Waals surface area contributed by atoms with Crippen LogP contribution < -0.4 is 0 Å². The minimum atomic E-state index is 0.969. The summed E-state index contributed by atoms with van der Waals surface area (Å²) in [4.78, 5) is 0. The second-order valence-corrected chi connectivity index (χ2v) is 4.20. The Labute approximate surface area is 72.9 Å². The van der Waals surface area contributed by atoms with Crippen LogP contribution in [0, 0.1) is 10.7 Å². The highest BCUT2D eigenvalue weighted by atomic mass is 32.2. The predicted octanol–water partition coefficient (Wildman–Crippen LogP) is 2.14. The van der Waals surface area contributed by atoms with E-state index in [9.17, 15) is 0 Å². The van der Waals surface area contributed by atoms with Crippen LogP contribution >= 0.6 is 11.9 Å². The monoisotopic (exact) mass is 171 g/mol. The molecule has 1 aliphatic heterocycles. The third kappa shape index (κ3) is 2.11. The first-order valence-corrected chi connectivity index (χ1v) is 5.04. The van der Waals surface area contributed by atoms with E-state index in [1.165, 1.54) is 44.3 Å². The lowest BCUT2D eigenvalue weighted by Crippen LogP contribution is -2.44. The zero-order valence-electron chi connectivity index (χ0n) is 7.05. The van der Waals surface area contributed by atoms with Gasteiger partial charge in [-0.05, 0) is 26.2 Å². The maximum atomic E-state index is 8.61. The van der Waals surface area contributed by atoms with Crippen molar-refractivity contribution in [2.75, 3.05) is 19.6 Å². The molecule has 3 heteroatoms. The molecule has 0 atom stereocenters. The van der Waals surface area contributed by atoms with Crippen molar-refractivity contribution in [3.05, 3.63) is 0 Å². The molecule has 0 N–H and O–H groups in total. The summed E-state index contributed by atoms with van der Waals surface area (Å²) < 4.78 is 0.969. The number of rotatable bonds is 2. The normalized spacial score (nSPS) is 22.5. The average Bonchev–Trinajstić information content (AvgIpc) is 2.07. The van der Waals surface area contributed by atoms with Crippen molar-refractivity contribution in [1.82, 2.24) is 0 Å². The van der Waals surface area contributed by atoms with Gasteiger partial charge in [0.15, 0.2) is 17.3 Å². The summed E-state index contributed by atoms with van der Waals surface area (Å²) in [6.07, 6.45) is 3.94. The Kier molecular flexibility index (Phi) is 3.22. The van der Waals surface area contributed by atoms with Crippen LogP contribution in [0.4, 0.5) is 0 Å². The Bertz CT molecular complexity index is 156. The molecule has 11 heavy (non-hydrogen) atoms.